The molecule has 0 saturated carbocycles. The number of hydrogen-bond acceptors (Lipinski definition) is 4. The maximum absolute atomic E-state index is 6.03. The lowest BCUT2D eigenvalue weighted by Gasteiger charge is -2.08. The van der Waals surface area contributed by atoms with Crippen molar-refractivity contribution in [3.63, 3.8) is 0 Å². The van der Waals surface area contributed by atoms with Gasteiger partial charge in [-0.2, -0.15) is 5.10 Å². The molecule has 0 bridgehead atoms. The van der Waals surface area contributed by atoms with E-state index < -0.39 is 0 Å². The van der Waals surface area contributed by atoms with Crippen LogP contribution in [0.4, 0.5) is 5.82 Å². The largest absolute Gasteiger partial charge is 0.481 e. The highest BCUT2D eigenvalue weighted by atomic mass is 79.9. The van der Waals surface area contributed by atoms with Gasteiger partial charge in [0.2, 0.25) is 5.88 Å². The number of aromatic nitrogens is 3. The minimum atomic E-state index is 0.443. The quantitative estimate of drug-likeness (QED) is 0.762. The van der Waals surface area contributed by atoms with Crippen LogP contribution in [0.5, 0.6) is 5.88 Å². The minimum Gasteiger partial charge on any atom is -0.481 e. The third-order valence-corrected chi connectivity index (χ3v) is 3.69. The van der Waals surface area contributed by atoms with E-state index in [1.54, 1.807) is 13.3 Å². The van der Waals surface area contributed by atoms with Gasteiger partial charge >= 0.3 is 0 Å². The lowest BCUT2D eigenvalue weighted by molar-refractivity contribution is 0.399. The number of hydrogen-bond donors (Lipinski definition) is 2. The molecule has 3 aromatic rings. The van der Waals surface area contributed by atoms with Crippen molar-refractivity contribution >= 4 is 21.7 Å². The molecule has 106 valence electrons. The summed E-state index contributed by atoms with van der Waals surface area (Å²) in [6.45, 7) is 0. The highest BCUT2D eigenvalue weighted by Crippen LogP contribution is 2.38. The number of aromatic amines is 1. The number of pyridine rings is 1. The van der Waals surface area contributed by atoms with Gasteiger partial charge in [-0.05, 0) is 29.8 Å². The van der Waals surface area contributed by atoms with E-state index in [-0.39, 0.29) is 0 Å². The molecular formula is C15H13BrN4O. The molecule has 0 atom stereocenters. The van der Waals surface area contributed by atoms with E-state index in [1.807, 2.05) is 36.4 Å². The molecule has 5 nitrogen and oxygen atoms in total. The second-order valence-corrected chi connectivity index (χ2v) is 5.34. The molecule has 0 amide bonds. The summed E-state index contributed by atoms with van der Waals surface area (Å²) >= 11 is 3.43. The van der Waals surface area contributed by atoms with E-state index in [0.29, 0.717) is 11.7 Å². The molecule has 0 radical (unpaired) electrons. The summed E-state index contributed by atoms with van der Waals surface area (Å²) in [5, 5.41) is 7.10. The van der Waals surface area contributed by atoms with Crippen molar-refractivity contribution in [1.29, 1.82) is 0 Å². The van der Waals surface area contributed by atoms with Gasteiger partial charge in [0.1, 0.15) is 0 Å². The number of halogens is 1. The first kappa shape index (κ1) is 13.6. The Morgan fingerprint density at radius 2 is 1.95 bits per heavy atom. The zero-order valence-corrected chi connectivity index (χ0v) is 12.9. The highest BCUT2D eigenvalue weighted by Gasteiger charge is 2.18. The SMILES string of the molecule is COc1ncccc1-c1[nH]nc(N)c1-c1ccc(Br)cc1. The number of methoxy groups -OCH3 is 1. The van der Waals surface area contributed by atoms with E-state index >= 15 is 0 Å². The normalized spacial score (nSPS) is 10.6. The second-order valence-electron chi connectivity index (χ2n) is 4.43. The van der Waals surface area contributed by atoms with Crippen LogP contribution >= 0.6 is 15.9 Å². The Kier molecular flexibility index (Phi) is 3.62. The zero-order valence-electron chi connectivity index (χ0n) is 11.3. The van der Waals surface area contributed by atoms with E-state index in [2.05, 4.69) is 31.1 Å². The van der Waals surface area contributed by atoms with Crippen LogP contribution in [0.25, 0.3) is 22.4 Å². The molecule has 0 fully saturated rings. The molecular weight excluding hydrogens is 332 g/mol. The van der Waals surface area contributed by atoms with Gasteiger partial charge in [0.05, 0.1) is 23.9 Å². The fraction of sp³-hybridized carbons (Fsp3) is 0.0667. The third kappa shape index (κ3) is 2.50. The molecule has 0 spiro atoms. The summed E-state index contributed by atoms with van der Waals surface area (Å²) in [5.74, 6) is 0.970. The maximum Gasteiger partial charge on any atom is 0.222 e. The predicted molar refractivity (Wildman–Crippen MR) is 85.9 cm³/mol. The number of rotatable bonds is 3. The predicted octanol–water partition coefficient (Wildman–Crippen LogP) is 3.49. The van der Waals surface area contributed by atoms with Gasteiger partial charge in [0.25, 0.3) is 0 Å². The van der Waals surface area contributed by atoms with E-state index in [1.165, 1.54) is 0 Å². The number of nitrogens with zero attached hydrogens (tertiary/aromatic N) is 2. The minimum absolute atomic E-state index is 0.443. The van der Waals surface area contributed by atoms with Crippen LogP contribution < -0.4 is 10.5 Å². The third-order valence-electron chi connectivity index (χ3n) is 3.16. The van der Waals surface area contributed by atoms with Crippen LogP contribution in [0, 0.1) is 0 Å². The van der Waals surface area contributed by atoms with Crippen LogP contribution in [0.15, 0.2) is 47.1 Å². The lowest BCUT2D eigenvalue weighted by atomic mass is 10.0. The Bertz CT molecular complexity index is 768. The number of ether oxygens (including phenoxy) is 1. The van der Waals surface area contributed by atoms with E-state index in [9.17, 15) is 0 Å². The van der Waals surface area contributed by atoms with Gasteiger partial charge in [-0.1, -0.05) is 28.1 Å². The molecule has 0 aliphatic carbocycles. The van der Waals surface area contributed by atoms with Gasteiger partial charge in [-0.25, -0.2) is 4.98 Å². The number of nitrogens with two attached hydrogens (primary N) is 1. The fourth-order valence-electron chi connectivity index (χ4n) is 2.20. The maximum atomic E-state index is 6.03. The van der Waals surface area contributed by atoms with E-state index in [0.717, 1.165) is 26.9 Å². The number of H-pyrrole nitrogens is 1. The summed E-state index contributed by atoms with van der Waals surface area (Å²) in [6.07, 6.45) is 1.68. The zero-order chi connectivity index (χ0) is 14.8. The average molecular weight is 345 g/mol. The smallest absolute Gasteiger partial charge is 0.222 e. The van der Waals surface area contributed by atoms with Gasteiger partial charge < -0.3 is 10.5 Å². The van der Waals surface area contributed by atoms with Crippen LogP contribution in [-0.2, 0) is 0 Å². The fourth-order valence-corrected chi connectivity index (χ4v) is 2.47. The van der Waals surface area contributed by atoms with Gasteiger partial charge in [-0.3, -0.25) is 5.10 Å². The molecule has 0 saturated heterocycles. The van der Waals surface area contributed by atoms with Crippen LogP contribution in [-0.4, -0.2) is 22.3 Å². The van der Waals surface area contributed by atoms with E-state index in [4.69, 9.17) is 10.5 Å². The molecule has 2 aromatic heterocycles. The molecule has 3 N–H and O–H groups in total. The van der Waals surface area contributed by atoms with Crippen molar-refractivity contribution in [3.05, 3.63) is 47.1 Å². The molecule has 21 heavy (non-hydrogen) atoms. The molecule has 0 aliphatic heterocycles. The summed E-state index contributed by atoms with van der Waals surface area (Å²) in [4.78, 5) is 4.21. The molecule has 0 aliphatic rings. The number of nitrogen functional groups attached to an aromatic ring is 1. The lowest BCUT2D eigenvalue weighted by Crippen LogP contribution is -1.93. The monoisotopic (exact) mass is 344 g/mol. The highest BCUT2D eigenvalue weighted by molar-refractivity contribution is 9.10. The average Bonchev–Trinajstić information content (AvgIpc) is 2.90. The van der Waals surface area contributed by atoms with Crippen LogP contribution in [0.3, 0.4) is 0 Å². The number of nitrogens with one attached hydrogen (secondary N) is 1. The standard InChI is InChI=1S/C15H13BrN4O/c1-21-15-11(3-2-8-18-15)13-12(14(17)20-19-13)9-4-6-10(16)7-5-9/h2-8H,1H3,(H3,17,19,20). The molecule has 1 aromatic carbocycles. The van der Waals surface area contributed by atoms with Crippen LogP contribution in [0.1, 0.15) is 0 Å². The Balaban J connectivity index is 2.19. The van der Waals surface area contributed by atoms with Crippen molar-refractivity contribution < 1.29 is 4.74 Å². The first-order valence-corrected chi connectivity index (χ1v) is 7.09. The van der Waals surface area contributed by atoms with Crippen molar-refractivity contribution in [2.24, 2.45) is 0 Å². The summed E-state index contributed by atoms with van der Waals surface area (Å²) in [5.41, 5.74) is 9.46. The Morgan fingerprint density at radius 1 is 1.19 bits per heavy atom. The summed E-state index contributed by atoms with van der Waals surface area (Å²) in [7, 11) is 1.59. The Morgan fingerprint density at radius 3 is 2.67 bits per heavy atom. The van der Waals surface area contributed by atoms with Crippen molar-refractivity contribution in [2.75, 3.05) is 12.8 Å². The molecule has 3 rings (SSSR count). The van der Waals surface area contributed by atoms with Crippen molar-refractivity contribution in [3.8, 4) is 28.3 Å². The number of benzene rings is 1. The molecule has 2 heterocycles. The van der Waals surface area contributed by atoms with Gasteiger partial charge in [0, 0.05) is 10.7 Å². The van der Waals surface area contributed by atoms with Crippen LogP contribution in [0.2, 0.25) is 0 Å². The Labute approximate surface area is 130 Å². The topological polar surface area (TPSA) is 76.8 Å². The first-order valence-electron chi connectivity index (χ1n) is 6.30. The Hall–Kier alpha value is -2.34. The first-order chi connectivity index (χ1) is 10.2. The van der Waals surface area contributed by atoms with Crippen molar-refractivity contribution in [2.45, 2.75) is 0 Å². The van der Waals surface area contributed by atoms with Gasteiger partial charge in [0.15, 0.2) is 5.82 Å². The van der Waals surface area contributed by atoms with Gasteiger partial charge in [-0.15, -0.1) is 0 Å². The second kappa shape index (κ2) is 5.57. The number of anilines is 1. The van der Waals surface area contributed by atoms with Crippen molar-refractivity contribution in [1.82, 2.24) is 15.2 Å². The summed E-state index contributed by atoms with van der Waals surface area (Å²) in [6, 6.07) is 11.7. The summed E-state index contributed by atoms with van der Waals surface area (Å²) < 4.78 is 6.32. The molecule has 6 heteroatoms. The molecule has 0 unspecified atom stereocenters.